The number of hydrogen-bond acceptors (Lipinski definition) is 10. The van der Waals surface area contributed by atoms with Crippen molar-refractivity contribution in [3.63, 3.8) is 0 Å². The normalized spacial score (nSPS) is 11.4. The summed E-state index contributed by atoms with van der Waals surface area (Å²) >= 11 is 0. The van der Waals surface area contributed by atoms with E-state index in [0.717, 1.165) is 22.4 Å². The van der Waals surface area contributed by atoms with Gasteiger partial charge in [0.25, 0.3) is 0 Å². The van der Waals surface area contributed by atoms with Crippen molar-refractivity contribution in [3.8, 4) is 17.2 Å². The van der Waals surface area contributed by atoms with E-state index in [4.69, 9.17) is 19.9 Å². The Bertz CT molecular complexity index is 1710. The Morgan fingerprint density at radius 3 is 2.66 bits per heavy atom. The molecular formula is C29H32N8O4. The first-order valence-electron chi connectivity index (χ1n) is 13.0. The van der Waals surface area contributed by atoms with Crippen molar-refractivity contribution >= 4 is 39.8 Å². The lowest BCUT2D eigenvalue weighted by atomic mass is 10.1. The van der Waals surface area contributed by atoms with E-state index in [2.05, 4.69) is 25.4 Å². The molecule has 212 valence electrons. The zero-order valence-corrected chi connectivity index (χ0v) is 23.6. The van der Waals surface area contributed by atoms with Gasteiger partial charge in [-0.25, -0.2) is 24.3 Å². The van der Waals surface area contributed by atoms with Gasteiger partial charge in [0.2, 0.25) is 0 Å². The molecule has 12 nitrogen and oxygen atoms in total. The maximum absolute atomic E-state index is 12.2. The molecule has 2 aromatic carbocycles. The lowest BCUT2D eigenvalue weighted by molar-refractivity contribution is 0.0278. The van der Waals surface area contributed by atoms with Crippen molar-refractivity contribution < 1.29 is 19.0 Å². The number of amides is 1. The third-order valence-corrected chi connectivity index (χ3v) is 6.07. The van der Waals surface area contributed by atoms with Crippen molar-refractivity contribution in [2.75, 3.05) is 31.2 Å². The molecule has 5 rings (SSSR count). The Labute approximate surface area is 237 Å². The molecule has 0 spiro atoms. The van der Waals surface area contributed by atoms with Crippen molar-refractivity contribution in [1.82, 2.24) is 29.5 Å². The number of nitrogens with one attached hydrogen (secondary N) is 1. The number of carbonyl (C=O) groups is 1. The molecule has 1 amide bonds. The van der Waals surface area contributed by atoms with Crippen LogP contribution >= 0.6 is 0 Å². The van der Waals surface area contributed by atoms with Crippen LogP contribution in [0.5, 0.6) is 17.2 Å². The van der Waals surface area contributed by atoms with Gasteiger partial charge in [-0.15, -0.1) is 0 Å². The standard InChI is InChI=1S/C29H32N8O4/c1-18-12-19(6-7-24(18)40-20-8-9-37-26(13-20)32-17-34-37)35-27-21-14-22(30)25(15-23(21)31-16-33-27)39-11-10-36(5)28(38)41-29(2,3)4/h6-9,12-17H,10-11,30H2,1-5H3,(H,31,33,35). The van der Waals surface area contributed by atoms with E-state index in [9.17, 15) is 4.79 Å². The summed E-state index contributed by atoms with van der Waals surface area (Å²) in [4.78, 5) is 26.6. The lowest BCUT2D eigenvalue weighted by Gasteiger charge is -2.24. The first kappa shape index (κ1) is 27.4. The van der Waals surface area contributed by atoms with Gasteiger partial charge in [0.05, 0.1) is 17.7 Å². The summed E-state index contributed by atoms with van der Waals surface area (Å²) in [5.41, 5.74) is 9.30. The predicted molar refractivity (Wildman–Crippen MR) is 156 cm³/mol. The van der Waals surface area contributed by atoms with Crippen LogP contribution in [0.2, 0.25) is 0 Å². The summed E-state index contributed by atoms with van der Waals surface area (Å²) in [5, 5.41) is 8.19. The Morgan fingerprint density at radius 2 is 1.88 bits per heavy atom. The maximum atomic E-state index is 12.2. The molecule has 12 heteroatoms. The molecule has 0 aliphatic heterocycles. The van der Waals surface area contributed by atoms with Gasteiger partial charge in [-0.2, -0.15) is 5.10 Å². The minimum atomic E-state index is -0.566. The van der Waals surface area contributed by atoms with E-state index in [1.54, 1.807) is 29.9 Å². The number of benzene rings is 2. The number of likely N-dealkylation sites (N-methyl/N-ethyl adjacent to an activating group) is 1. The van der Waals surface area contributed by atoms with E-state index in [0.29, 0.717) is 40.7 Å². The molecule has 41 heavy (non-hydrogen) atoms. The minimum absolute atomic E-state index is 0.238. The number of aromatic nitrogens is 5. The number of aryl methyl sites for hydroxylation is 1. The minimum Gasteiger partial charge on any atom is -0.489 e. The highest BCUT2D eigenvalue weighted by molar-refractivity contribution is 5.94. The van der Waals surface area contributed by atoms with Crippen molar-refractivity contribution in [3.05, 3.63) is 66.9 Å². The number of anilines is 3. The van der Waals surface area contributed by atoms with Crippen molar-refractivity contribution in [2.45, 2.75) is 33.3 Å². The Kier molecular flexibility index (Phi) is 7.47. The summed E-state index contributed by atoms with van der Waals surface area (Å²) in [6, 6.07) is 13.0. The van der Waals surface area contributed by atoms with Gasteiger partial charge in [0.1, 0.15) is 47.9 Å². The van der Waals surface area contributed by atoms with Gasteiger partial charge in [0, 0.05) is 36.5 Å². The highest BCUT2D eigenvalue weighted by Crippen LogP contribution is 2.33. The molecule has 0 atom stereocenters. The Morgan fingerprint density at radius 1 is 1.05 bits per heavy atom. The third kappa shape index (κ3) is 6.55. The molecule has 3 heterocycles. The average Bonchev–Trinajstić information content (AvgIpc) is 3.38. The fourth-order valence-corrected chi connectivity index (χ4v) is 4.01. The number of hydrogen-bond donors (Lipinski definition) is 2. The molecule has 0 unspecified atom stereocenters. The fraction of sp³-hybridized carbons (Fsp3) is 0.276. The summed E-state index contributed by atoms with van der Waals surface area (Å²) in [6.45, 7) is 8.01. The monoisotopic (exact) mass is 556 g/mol. The second-order valence-corrected chi connectivity index (χ2v) is 10.5. The molecule has 3 aromatic heterocycles. The molecule has 0 saturated carbocycles. The Balaban J connectivity index is 1.26. The number of nitrogen functional groups attached to an aromatic ring is 1. The smallest absolute Gasteiger partial charge is 0.410 e. The van der Waals surface area contributed by atoms with Gasteiger partial charge >= 0.3 is 6.09 Å². The first-order valence-corrected chi connectivity index (χ1v) is 13.0. The molecule has 0 bridgehead atoms. The highest BCUT2D eigenvalue weighted by atomic mass is 16.6. The van der Waals surface area contributed by atoms with E-state index in [1.807, 2.05) is 58.0 Å². The van der Waals surface area contributed by atoms with Crippen LogP contribution in [0.15, 0.2) is 61.3 Å². The zero-order valence-electron chi connectivity index (χ0n) is 23.6. The second-order valence-electron chi connectivity index (χ2n) is 10.5. The molecular weight excluding hydrogens is 524 g/mol. The van der Waals surface area contributed by atoms with E-state index >= 15 is 0 Å². The quantitative estimate of drug-likeness (QED) is 0.240. The fourth-order valence-electron chi connectivity index (χ4n) is 4.01. The van der Waals surface area contributed by atoms with Gasteiger partial charge in [-0.05, 0) is 63.6 Å². The second kappa shape index (κ2) is 11.2. The van der Waals surface area contributed by atoms with Crippen LogP contribution in [0.25, 0.3) is 16.6 Å². The molecule has 0 radical (unpaired) electrons. The number of fused-ring (bicyclic) bond motifs is 2. The number of carbonyl (C=O) groups excluding carboxylic acids is 1. The van der Waals surface area contributed by atoms with Gasteiger partial charge < -0.3 is 30.2 Å². The third-order valence-electron chi connectivity index (χ3n) is 6.07. The lowest BCUT2D eigenvalue weighted by Crippen LogP contribution is -2.36. The van der Waals surface area contributed by atoms with Crippen LogP contribution in [0, 0.1) is 6.92 Å². The number of ether oxygens (including phenoxy) is 3. The molecule has 0 saturated heterocycles. The summed E-state index contributed by atoms with van der Waals surface area (Å²) in [6.07, 6.45) is 4.36. The summed E-state index contributed by atoms with van der Waals surface area (Å²) in [7, 11) is 1.66. The van der Waals surface area contributed by atoms with E-state index in [1.165, 1.54) is 17.6 Å². The molecule has 3 N–H and O–H groups in total. The van der Waals surface area contributed by atoms with Crippen molar-refractivity contribution in [2.24, 2.45) is 0 Å². The van der Waals surface area contributed by atoms with Gasteiger partial charge in [-0.1, -0.05) is 0 Å². The topological polar surface area (TPSA) is 142 Å². The molecule has 0 fully saturated rings. The van der Waals surface area contributed by atoms with E-state index < -0.39 is 11.7 Å². The van der Waals surface area contributed by atoms with Crippen LogP contribution in [0.3, 0.4) is 0 Å². The summed E-state index contributed by atoms with van der Waals surface area (Å²) < 4.78 is 19.0. The first-order chi connectivity index (χ1) is 19.6. The summed E-state index contributed by atoms with van der Waals surface area (Å²) in [5.74, 6) is 2.46. The number of nitrogens with zero attached hydrogens (tertiary/aromatic N) is 6. The van der Waals surface area contributed by atoms with Gasteiger partial charge in [0.15, 0.2) is 5.65 Å². The highest BCUT2D eigenvalue weighted by Gasteiger charge is 2.19. The predicted octanol–water partition coefficient (Wildman–Crippen LogP) is 5.34. The van der Waals surface area contributed by atoms with Crippen LogP contribution in [0.1, 0.15) is 26.3 Å². The van der Waals surface area contributed by atoms with Crippen LogP contribution in [0.4, 0.5) is 22.0 Å². The SMILES string of the molecule is Cc1cc(Nc2ncnc3cc(OCCN(C)C(=O)OC(C)(C)C)c(N)cc23)ccc1Oc1ccn2ncnc2c1. The molecule has 0 aliphatic rings. The number of pyridine rings is 1. The van der Waals surface area contributed by atoms with Crippen LogP contribution < -0.4 is 20.5 Å². The number of rotatable bonds is 8. The van der Waals surface area contributed by atoms with Crippen LogP contribution in [-0.2, 0) is 4.74 Å². The zero-order chi connectivity index (χ0) is 29.1. The van der Waals surface area contributed by atoms with Crippen LogP contribution in [-0.4, -0.2) is 61.4 Å². The van der Waals surface area contributed by atoms with Crippen molar-refractivity contribution in [1.29, 1.82) is 0 Å². The molecule has 5 aromatic rings. The van der Waals surface area contributed by atoms with Gasteiger partial charge in [-0.3, -0.25) is 0 Å². The largest absolute Gasteiger partial charge is 0.489 e. The molecule has 0 aliphatic carbocycles. The van der Waals surface area contributed by atoms with E-state index in [-0.39, 0.29) is 6.61 Å². The Hall–Kier alpha value is -5.13. The average molecular weight is 557 g/mol. The maximum Gasteiger partial charge on any atom is 0.410 e. The number of nitrogens with two attached hydrogens (primary N) is 1.